The van der Waals surface area contributed by atoms with E-state index >= 15 is 0 Å². The molecule has 1 heterocycles. The molecule has 0 unspecified atom stereocenters. The minimum atomic E-state index is -2.62. The quantitative estimate of drug-likeness (QED) is 0.861. The minimum absolute atomic E-state index is 0.000579. The zero-order valence-corrected chi connectivity index (χ0v) is 10.6. The van der Waals surface area contributed by atoms with E-state index in [1.54, 1.807) is 6.07 Å². The highest BCUT2D eigenvalue weighted by molar-refractivity contribution is 9.10. The summed E-state index contributed by atoms with van der Waals surface area (Å²) in [6.07, 6.45) is -3.59. The number of hydrogen-bond donors (Lipinski definition) is 2. The molecule has 0 radical (unpaired) electrons. The van der Waals surface area contributed by atoms with Gasteiger partial charge < -0.3 is 10.4 Å². The van der Waals surface area contributed by atoms with Gasteiger partial charge in [-0.15, -0.1) is 0 Å². The van der Waals surface area contributed by atoms with Crippen molar-refractivity contribution in [1.29, 1.82) is 5.26 Å². The van der Waals surface area contributed by atoms with Crippen LogP contribution in [0, 0.1) is 11.3 Å². The molecule has 98 valence electrons. The minimum Gasteiger partial charge on any atom is -0.465 e. The van der Waals surface area contributed by atoms with Crippen LogP contribution in [0.4, 0.5) is 13.6 Å². The molecule has 0 saturated carbocycles. The van der Waals surface area contributed by atoms with Crippen LogP contribution in [-0.4, -0.2) is 34.0 Å². The van der Waals surface area contributed by atoms with Crippen LogP contribution in [0.15, 0.2) is 4.47 Å². The van der Waals surface area contributed by atoms with E-state index in [0.717, 1.165) is 4.68 Å². The second-order valence-corrected chi connectivity index (χ2v) is 4.07. The maximum Gasteiger partial charge on any atom is 0.404 e. The lowest BCUT2D eigenvalue weighted by Crippen LogP contribution is -2.23. The van der Waals surface area contributed by atoms with Crippen molar-refractivity contribution < 1.29 is 18.7 Å². The summed E-state index contributed by atoms with van der Waals surface area (Å²) in [5.41, 5.74) is 0.363. The van der Waals surface area contributed by atoms with Crippen LogP contribution < -0.4 is 5.32 Å². The maximum absolute atomic E-state index is 12.3. The van der Waals surface area contributed by atoms with E-state index in [9.17, 15) is 13.6 Å². The SMILES string of the molecule is N#Cc1c(Br)c(CCNC(=O)O)nn1CC(F)F. The largest absolute Gasteiger partial charge is 0.465 e. The first-order valence-electron chi connectivity index (χ1n) is 4.86. The molecule has 0 saturated heterocycles. The Balaban J connectivity index is 2.83. The summed E-state index contributed by atoms with van der Waals surface area (Å²) in [6, 6.07) is 1.77. The van der Waals surface area contributed by atoms with Crippen LogP contribution >= 0.6 is 15.9 Å². The van der Waals surface area contributed by atoms with Gasteiger partial charge >= 0.3 is 6.09 Å². The fraction of sp³-hybridized carbons (Fsp3) is 0.444. The van der Waals surface area contributed by atoms with E-state index < -0.39 is 19.1 Å². The van der Waals surface area contributed by atoms with Gasteiger partial charge in [-0.05, 0) is 15.9 Å². The van der Waals surface area contributed by atoms with Crippen LogP contribution in [0.5, 0.6) is 0 Å². The van der Waals surface area contributed by atoms with E-state index in [-0.39, 0.29) is 18.7 Å². The van der Waals surface area contributed by atoms with Crippen molar-refractivity contribution >= 4 is 22.0 Å². The number of nitrogens with zero attached hydrogens (tertiary/aromatic N) is 3. The number of hydrogen-bond acceptors (Lipinski definition) is 3. The molecule has 2 N–H and O–H groups in total. The fourth-order valence-corrected chi connectivity index (χ4v) is 1.88. The first kappa shape index (κ1) is 14.4. The molecule has 6 nitrogen and oxygen atoms in total. The third-order valence-corrected chi connectivity index (χ3v) is 2.85. The van der Waals surface area contributed by atoms with Crippen molar-refractivity contribution in [3.05, 3.63) is 15.9 Å². The predicted octanol–water partition coefficient (Wildman–Crippen LogP) is 1.59. The van der Waals surface area contributed by atoms with Gasteiger partial charge in [-0.3, -0.25) is 0 Å². The third-order valence-electron chi connectivity index (χ3n) is 2.02. The topological polar surface area (TPSA) is 90.9 Å². The molecule has 1 aromatic heterocycles. The smallest absolute Gasteiger partial charge is 0.404 e. The standard InChI is InChI=1S/C9H9BrF2N4O2/c10-8-5(1-2-14-9(17)18)15-16(4-7(11)12)6(8)3-13/h7,14H,1-2,4H2,(H,17,18). The molecule has 9 heteroatoms. The molecule has 0 atom stereocenters. The molecule has 0 aliphatic rings. The second-order valence-electron chi connectivity index (χ2n) is 3.28. The monoisotopic (exact) mass is 322 g/mol. The summed E-state index contributed by atoms with van der Waals surface area (Å²) >= 11 is 3.09. The first-order chi connectivity index (χ1) is 8.45. The second kappa shape index (κ2) is 6.30. The molecule has 1 aromatic rings. The molecule has 0 bridgehead atoms. The summed E-state index contributed by atoms with van der Waals surface area (Å²) in [5, 5.41) is 23.2. The summed E-state index contributed by atoms with van der Waals surface area (Å²) < 4.78 is 25.7. The van der Waals surface area contributed by atoms with Crippen molar-refractivity contribution in [2.75, 3.05) is 6.54 Å². The molecule has 18 heavy (non-hydrogen) atoms. The highest BCUT2D eigenvalue weighted by Gasteiger charge is 2.17. The van der Waals surface area contributed by atoms with Crippen LogP contribution in [-0.2, 0) is 13.0 Å². The summed E-state index contributed by atoms with van der Waals surface area (Å²) in [7, 11) is 0. The average Bonchev–Trinajstić information content (AvgIpc) is 2.54. The van der Waals surface area contributed by atoms with Gasteiger partial charge in [-0.2, -0.15) is 10.4 Å². The number of carboxylic acid groups (broad SMARTS) is 1. The van der Waals surface area contributed by atoms with E-state index in [0.29, 0.717) is 10.2 Å². The van der Waals surface area contributed by atoms with E-state index in [4.69, 9.17) is 10.4 Å². The molecule has 1 amide bonds. The Labute approximate surface area is 109 Å². The number of halogens is 3. The highest BCUT2D eigenvalue weighted by atomic mass is 79.9. The van der Waals surface area contributed by atoms with Gasteiger partial charge in [0.1, 0.15) is 12.6 Å². The summed E-state index contributed by atoms with van der Waals surface area (Å²) in [4.78, 5) is 10.2. The number of aromatic nitrogens is 2. The van der Waals surface area contributed by atoms with Crippen molar-refractivity contribution in [2.24, 2.45) is 0 Å². The Kier molecular flexibility index (Phi) is 5.03. The Morgan fingerprint density at radius 3 is 2.83 bits per heavy atom. The zero-order chi connectivity index (χ0) is 13.7. The lowest BCUT2D eigenvalue weighted by molar-refractivity contribution is 0.121. The number of rotatable bonds is 5. The van der Waals surface area contributed by atoms with Crippen molar-refractivity contribution in [3.63, 3.8) is 0 Å². The van der Waals surface area contributed by atoms with Crippen molar-refractivity contribution in [3.8, 4) is 6.07 Å². The molecule has 0 aromatic carbocycles. The molecule has 0 spiro atoms. The van der Waals surface area contributed by atoms with Crippen LogP contribution in [0.2, 0.25) is 0 Å². The van der Waals surface area contributed by atoms with E-state index in [1.807, 2.05) is 0 Å². The maximum atomic E-state index is 12.3. The molecule has 0 fully saturated rings. The molecular formula is C9H9BrF2N4O2. The van der Waals surface area contributed by atoms with E-state index in [2.05, 4.69) is 26.3 Å². The zero-order valence-electron chi connectivity index (χ0n) is 9.03. The van der Waals surface area contributed by atoms with E-state index in [1.165, 1.54) is 0 Å². The highest BCUT2D eigenvalue weighted by Crippen LogP contribution is 2.22. The number of carbonyl (C=O) groups is 1. The Morgan fingerprint density at radius 1 is 1.67 bits per heavy atom. The predicted molar refractivity (Wildman–Crippen MR) is 60.4 cm³/mol. The van der Waals surface area contributed by atoms with Gasteiger partial charge in [-0.25, -0.2) is 18.3 Å². The summed E-state index contributed by atoms with van der Waals surface area (Å²) in [5.74, 6) is 0. The number of alkyl halides is 2. The van der Waals surface area contributed by atoms with Crippen LogP contribution in [0.1, 0.15) is 11.4 Å². The van der Waals surface area contributed by atoms with Crippen molar-refractivity contribution in [1.82, 2.24) is 15.1 Å². The van der Waals surface area contributed by atoms with Gasteiger partial charge in [0.05, 0.1) is 10.2 Å². The normalized spacial score (nSPS) is 10.4. The van der Waals surface area contributed by atoms with Gasteiger partial charge in [0.15, 0.2) is 5.69 Å². The number of nitriles is 1. The fourth-order valence-electron chi connectivity index (χ4n) is 1.31. The third kappa shape index (κ3) is 3.66. The lowest BCUT2D eigenvalue weighted by Gasteiger charge is -2.00. The van der Waals surface area contributed by atoms with Gasteiger partial charge in [0.2, 0.25) is 0 Å². The summed E-state index contributed by atoms with van der Waals surface area (Å²) in [6.45, 7) is -0.585. The lowest BCUT2D eigenvalue weighted by atomic mass is 10.3. The van der Waals surface area contributed by atoms with Crippen molar-refractivity contribution in [2.45, 2.75) is 19.4 Å². The number of amides is 1. The van der Waals surface area contributed by atoms with Gasteiger partial charge in [0.25, 0.3) is 6.43 Å². The average molecular weight is 323 g/mol. The number of nitrogens with one attached hydrogen (secondary N) is 1. The Morgan fingerprint density at radius 2 is 2.33 bits per heavy atom. The first-order valence-corrected chi connectivity index (χ1v) is 5.65. The molecular weight excluding hydrogens is 314 g/mol. The van der Waals surface area contributed by atoms with Crippen LogP contribution in [0.25, 0.3) is 0 Å². The van der Waals surface area contributed by atoms with Gasteiger partial charge in [-0.1, -0.05) is 0 Å². The van der Waals surface area contributed by atoms with Gasteiger partial charge in [0, 0.05) is 13.0 Å². The Bertz CT molecular complexity index is 484. The molecule has 1 rings (SSSR count). The molecule has 0 aliphatic carbocycles. The molecule has 0 aliphatic heterocycles. The Hall–Kier alpha value is -1.69. The van der Waals surface area contributed by atoms with Crippen LogP contribution in [0.3, 0.4) is 0 Å².